The van der Waals surface area contributed by atoms with Gasteiger partial charge in [0.15, 0.2) is 11.5 Å². The molecule has 1 aliphatic heterocycles. The second-order valence-electron chi connectivity index (χ2n) is 6.33. The molecule has 134 valence electrons. The van der Waals surface area contributed by atoms with Crippen molar-refractivity contribution in [3.63, 3.8) is 0 Å². The minimum atomic E-state index is 0.260. The zero-order chi connectivity index (χ0) is 18.0. The van der Waals surface area contributed by atoms with Crippen LogP contribution in [0.1, 0.15) is 22.6 Å². The van der Waals surface area contributed by atoms with Crippen LogP contribution in [0.4, 0.5) is 0 Å². The molecule has 0 aliphatic carbocycles. The quantitative estimate of drug-likeness (QED) is 0.720. The number of hydrogen-bond donors (Lipinski definition) is 0. The Labute approximate surface area is 159 Å². The van der Waals surface area contributed by atoms with Gasteiger partial charge in [0, 0.05) is 23.9 Å². The van der Waals surface area contributed by atoms with Gasteiger partial charge in [-0.3, -0.25) is 0 Å². The maximum atomic E-state index is 6.70. The molecule has 1 unspecified atom stereocenters. The predicted octanol–water partition coefficient (Wildman–Crippen LogP) is 4.70. The maximum Gasteiger partial charge on any atom is 0.179 e. The SMILES string of the molecule is COc1cc2c(c(Cl)c1OC)CCN(C)CC2c1ccc(SC)cc1. The van der Waals surface area contributed by atoms with Gasteiger partial charge in [0.05, 0.1) is 19.2 Å². The maximum absolute atomic E-state index is 6.70. The van der Waals surface area contributed by atoms with Crippen molar-refractivity contribution in [2.45, 2.75) is 17.2 Å². The molecular weight excluding hydrogens is 354 g/mol. The summed E-state index contributed by atoms with van der Waals surface area (Å²) in [6.45, 7) is 1.93. The molecule has 25 heavy (non-hydrogen) atoms. The average molecular weight is 378 g/mol. The minimum Gasteiger partial charge on any atom is -0.493 e. The molecule has 0 saturated carbocycles. The highest BCUT2D eigenvalue weighted by Gasteiger charge is 2.28. The van der Waals surface area contributed by atoms with E-state index in [4.69, 9.17) is 21.1 Å². The molecule has 1 heterocycles. The highest BCUT2D eigenvalue weighted by Crippen LogP contribution is 2.44. The highest BCUT2D eigenvalue weighted by molar-refractivity contribution is 7.98. The number of likely N-dealkylation sites (N-methyl/N-ethyl adjacent to an activating group) is 1. The lowest BCUT2D eigenvalue weighted by atomic mass is 9.87. The summed E-state index contributed by atoms with van der Waals surface area (Å²) < 4.78 is 11.0. The molecule has 0 saturated heterocycles. The molecule has 0 aromatic heterocycles. The first-order valence-electron chi connectivity index (χ1n) is 8.34. The fourth-order valence-electron chi connectivity index (χ4n) is 3.50. The molecule has 0 bridgehead atoms. The summed E-state index contributed by atoms with van der Waals surface area (Å²) in [7, 11) is 5.46. The number of benzene rings is 2. The van der Waals surface area contributed by atoms with Gasteiger partial charge in [-0.05, 0) is 54.6 Å². The number of rotatable bonds is 4. The molecule has 0 fully saturated rings. The van der Waals surface area contributed by atoms with Crippen LogP contribution in [0.15, 0.2) is 35.2 Å². The van der Waals surface area contributed by atoms with E-state index in [2.05, 4.69) is 48.5 Å². The summed E-state index contributed by atoms with van der Waals surface area (Å²) in [4.78, 5) is 3.64. The van der Waals surface area contributed by atoms with Crippen molar-refractivity contribution in [2.75, 3.05) is 40.6 Å². The average Bonchev–Trinajstić information content (AvgIpc) is 2.81. The number of methoxy groups -OCH3 is 2. The summed E-state index contributed by atoms with van der Waals surface area (Å²) in [5.74, 6) is 1.58. The summed E-state index contributed by atoms with van der Waals surface area (Å²) in [6, 6.07) is 10.9. The van der Waals surface area contributed by atoms with Gasteiger partial charge < -0.3 is 14.4 Å². The van der Waals surface area contributed by atoms with E-state index in [1.807, 2.05) is 0 Å². The number of fused-ring (bicyclic) bond motifs is 1. The third-order valence-electron chi connectivity index (χ3n) is 4.88. The number of hydrogen-bond acceptors (Lipinski definition) is 4. The Morgan fingerprint density at radius 3 is 2.48 bits per heavy atom. The van der Waals surface area contributed by atoms with Gasteiger partial charge in [0.1, 0.15) is 0 Å². The topological polar surface area (TPSA) is 21.7 Å². The number of thioether (sulfide) groups is 1. The lowest BCUT2D eigenvalue weighted by Crippen LogP contribution is -2.24. The van der Waals surface area contributed by atoms with Crippen LogP contribution in [0, 0.1) is 0 Å². The zero-order valence-corrected chi connectivity index (χ0v) is 16.7. The first-order valence-corrected chi connectivity index (χ1v) is 9.95. The third kappa shape index (κ3) is 3.62. The lowest BCUT2D eigenvalue weighted by molar-refractivity contribution is 0.338. The fraction of sp³-hybridized carbons (Fsp3) is 0.400. The summed E-state index contributed by atoms with van der Waals surface area (Å²) in [6.07, 6.45) is 3.01. The van der Waals surface area contributed by atoms with E-state index in [-0.39, 0.29) is 5.92 Å². The van der Waals surface area contributed by atoms with E-state index in [0.717, 1.165) is 19.5 Å². The largest absolute Gasteiger partial charge is 0.493 e. The van der Waals surface area contributed by atoms with E-state index < -0.39 is 0 Å². The van der Waals surface area contributed by atoms with Gasteiger partial charge in [0.2, 0.25) is 0 Å². The van der Waals surface area contributed by atoms with Crippen LogP contribution in [-0.2, 0) is 6.42 Å². The fourth-order valence-corrected chi connectivity index (χ4v) is 4.28. The molecular formula is C20H24ClNO2S. The summed E-state index contributed by atoms with van der Waals surface area (Å²) in [5.41, 5.74) is 3.71. The van der Waals surface area contributed by atoms with Crippen LogP contribution in [0.2, 0.25) is 5.02 Å². The smallest absolute Gasteiger partial charge is 0.179 e. The van der Waals surface area contributed by atoms with Crippen molar-refractivity contribution in [2.24, 2.45) is 0 Å². The molecule has 3 nitrogen and oxygen atoms in total. The monoisotopic (exact) mass is 377 g/mol. The Bertz CT molecular complexity index is 748. The van der Waals surface area contributed by atoms with Crippen molar-refractivity contribution in [3.8, 4) is 11.5 Å². The van der Waals surface area contributed by atoms with E-state index in [9.17, 15) is 0 Å². The van der Waals surface area contributed by atoms with Crippen LogP contribution in [0.5, 0.6) is 11.5 Å². The first kappa shape index (κ1) is 18.4. The second kappa shape index (κ2) is 7.90. The van der Waals surface area contributed by atoms with Gasteiger partial charge in [-0.25, -0.2) is 0 Å². The molecule has 1 aliphatic rings. The first-order chi connectivity index (χ1) is 12.1. The van der Waals surface area contributed by atoms with Crippen LogP contribution in [0.25, 0.3) is 0 Å². The van der Waals surface area contributed by atoms with Gasteiger partial charge in [0.25, 0.3) is 0 Å². The Balaban J connectivity index is 2.15. The molecule has 0 amide bonds. The van der Waals surface area contributed by atoms with Gasteiger partial charge in [-0.15, -0.1) is 11.8 Å². The second-order valence-corrected chi connectivity index (χ2v) is 7.59. The minimum absolute atomic E-state index is 0.260. The Hall–Kier alpha value is -1.36. The van der Waals surface area contributed by atoms with Crippen molar-refractivity contribution in [1.82, 2.24) is 4.90 Å². The molecule has 0 radical (unpaired) electrons. The van der Waals surface area contributed by atoms with Gasteiger partial charge >= 0.3 is 0 Å². The van der Waals surface area contributed by atoms with E-state index >= 15 is 0 Å². The third-order valence-corrected chi connectivity index (χ3v) is 6.02. The molecule has 3 rings (SSSR count). The number of ether oxygens (including phenoxy) is 2. The molecule has 0 spiro atoms. The molecule has 0 N–H and O–H groups in total. The van der Waals surface area contributed by atoms with Crippen molar-refractivity contribution >= 4 is 23.4 Å². The van der Waals surface area contributed by atoms with Crippen molar-refractivity contribution in [3.05, 3.63) is 52.0 Å². The van der Waals surface area contributed by atoms with Gasteiger partial charge in [-0.1, -0.05) is 23.7 Å². The van der Waals surface area contributed by atoms with E-state index in [1.54, 1.807) is 26.0 Å². The normalized spacial score (nSPS) is 17.7. The summed E-state index contributed by atoms with van der Waals surface area (Å²) >= 11 is 8.46. The van der Waals surface area contributed by atoms with E-state index in [1.165, 1.54) is 21.6 Å². The number of nitrogens with zero attached hydrogens (tertiary/aromatic N) is 1. The predicted molar refractivity (Wildman–Crippen MR) is 106 cm³/mol. The lowest BCUT2D eigenvalue weighted by Gasteiger charge is -2.23. The summed E-state index contributed by atoms with van der Waals surface area (Å²) in [5, 5.41) is 0.679. The van der Waals surface area contributed by atoms with Crippen molar-refractivity contribution < 1.29 is 9.47 Å². The van der Waals surface area contributed by atoms with Crippen LogP contribution in [0.3, 0.4) is 0 Å². The van der Waals surface area contributed by atoms with Crippen LogP contribution in [-0.4, -0.2) is 45.5 Å². The molecule has 2 aromatic rings. The Morgan fingerprint density at radius 2 is 1.88 bits per heavy atom. The Morgan fingerprint density at radius 1 is 1.16 bits per heavy atom. The standard InChI is InChI=1S/C20H24ClNO2S/c1-22-10-9-15-16(11-18(23-2)20(24-3)19(15)21)17(12-22)13-5-7-14(25-4)8-6-13/h5-8,11,17H,9-10,12H2,1-4H3. The highest BCUT2D eigenvalue weighted by atomic mass is 35.5. The van der Waals surface area contributed by atoms with E-state index in [0.29, 0.717) is 16.5 Å². The zero-order valence-electron chi connectivity index (χ0n) is 15.1. The van der Waals surface area contributed by atoms with Crippen LogP contribution < -0.4 is 9.47 Å². The molecule has 1 atom stereocenters. The van der Waals surface area contributed by atoms with Gasteiger partial charge in [-0.2, -0.15) is 0 Å². The van der Waals surface area contributed by atoms with Crippen LogP contribution >= 0.6 is 23.4 Å². The van der Waals surface area contributed by atoms with Crippen molar-refractivity contribution in [1.29, 1.82) is 0 Å². The molecule has 5 heteroatoms. The number of halogens is 1. The molecule has 2 aromatic carbocycles. The Kier molecular flexibility index (Phi) is 5.82.